The zero-order valence-corrected chi connectivity index (χ0v) is 11.7. The van der Waals surface area contributed by atoms with Crippen molar-refractivity contribution < 1.29 is 14.3 Å². The Kier molecular flexibility index (Phi) is 6.62. The zero-order chi connectivity index (χ0) is 14.1. The highest BCUT2D eigenvalue weighted by atomic mass is 32.1. The first-order valence-electron chi connectivity index (χ1n) is 5.64. The Hall–Kier alpha value is -1.86. The molecule has 0 aliphatic rings. The van der Waals surface area contributed by atoms with Gasteiger partial charge in [-0.25, -0.2) is 0 Å². The topological polar surface area (TPSA) is 71.6 Å². The normalized spacial score (nSPS) is 9.58. The lowest BCUT2D eigenvalue weighted by molar-refractivity contribution is 0.0943. The van der Waals surface area contributed by atoms with Crippen LogP contribution in [0.15, 0.2) is 24.3 Å². The highest BCUT2D eigenvalue weighted by Crippen LogP contribution is 2.11. The van der Waals surface area contributed by atoms with E-state index in [1.807, 2.05) is 0 Å². The Morgan fingerprint density at radius 2 is 2.11 bits per heavy atom. The van der Waals surface area contributed by atoms with Crippen LogP contribution in [0.2, 0.25) is 0 Å². The third-order valence-corrected chi connectivity index (χ3v) is 2.46. The molecular weight excluding hydrogens is 266 g/mol. The van der Waals surface area contributed by atoms with Gasteiger partial charge in [-0.15, -0.1) is 0 Å². The van der Waals surface area contributed by atoms with E-state index in [0.717, 1.165) is 0 Å². The van der Waals surface area contributed by atoms with Crippen molar-refractivity contribution in [3.05, 3.63) is 29.8 Å². The van der Waals surface area contributed by atoms with Gasteiger partial charge in [-0.05, 0) is 30.4 Å². The summed E-state index contributed by atoms with van der Waals surface area (Å²) >= 11 is 4.97. The summed E-state index contributed by atoms with van der Waals surface area (Å²) in [4.78, 5) is 11.8. The van der Waals surface area contributed by atoms with Crippen molar-refractivity contribution in [2.75, 3.05) is 27.4 Å². The number of carbonyl (C=O) groups is 1. The van der Waals surface area contributed by atoms with Crippen LogP contribution in [0.3, 0.4) is 0 Å². The summed E-state index contributed by atoms with van der Waals surface area (Å²) in [7, 11) is 3.15. The summed E-state index contributed by atoms with van der Waals surface area (Å²) in [6, 6.07) is 6.82. The standard InChI is InChI=1S/C12H17N3O3S/c1-17-7-6-13-12(19)15-14-11(16)9-4-3-5-10(8-9)18-2/h3-5,8H,6-7H2,1-2H3,(H,14,16)(H2,13,15,19). The summed E-state index contributed by atoms with van der Waals surface area (Å²) < 4.78 is 9.91. The molecule has 6 nitrogen and oxygen atoms in total. The number of amides is 1. The Balaban J connectivity index is 2.40. The average molecular weight is 283 g/mol. The fraction of sp³-hybridized carbons (Fsp3) is 0.333. The van der Waals surface area contributed by atoms with E-state index in [2.05, 4.69) is 16.2 Å². The molecule has 0 saturated carbocycles. The van der Waals surface area contributed by atoms with Gasteiger partial charge in [0, 0.05) is 19.2 Å². The van der Waals surface area contributed by atoms with Crippen molar-refractivity contribution in [3.8, 4) is 5.75 Å². The van der Waals surface area contributed by atoms with Gasteiger partial charge in [0.2, 0.25) is 0 Å². The van der Waals surface area contributed by atoms with Gasteiger partial charge < -0.3 is 14.8 Å². The molecule has 0 atom stereocenters. The van der Waals surface area contributed by atoms with Crippen LogP contribution in [0.25, 0.3) is 0 Å². The quantitative estimate of drug-likeness (QED) is 0.414. The molecule has 0 radical (unpaired) electrons. The minimum absolute atomic E-state index is 0.296. The number of hydrogen-bond donors (Lipinski definition) is 3. The maximum absolute atomic E-state index is 11.8. The van der Waals surface area contributed by atoms with Crippen LogP contribution in [0, 0.1) is 0 Å². The molecule has 0 spiro atoms. The highest BCUT2D eigenvalue weighted by Gasteiger charge is 2.06. The van der Waals surface area contributed by atoms with Crippen LogP contribution in [-0.2, 0) is 4.74 Å². The van der Waals surface area contributed by atoms with E-state index >= 15 is 0 Å². The largest absolute Gasteiger partial charge is 0.497 e. The SMILES string of the molecule is COCCNC(=S)NNC(=O)c1cccc(OC)c1. The average Bonchev–Trinajstić information content (AvgIpc) is 2.45. The minimum atomic E-state index is -0.296. The van der Waals surface area contributed by atoms with E-state index in [1.165, 1.54) is 0 Å². The van der Waals surface area contributed by atoms with Crippen LogP contribution >= 0.6 is 12.2 Å². The molecule has 1 aromatic carbocycles. The first-order valence-corrected chi connectivity index (χ1v) is 6.05. The number of methoxy groups -OCH3 is 2. The number of thiocarbonyl (C=S) groups is 1. The van der Waals surface area contributed by atoms with E-state index in [9.17, 15) is 4.79 Å². The molecule has 0 aliphatic heterocycles. The number of benzene rings is 1. The molecule has 19 heavy (non-hydrogen) atoms. The van der Waals surface area contributed by atoms with Crippen molar-refractivity contribution in [2.24, 2.45) is 0 Å². The van der Waals surface area contributed by atoms with Gasteiger partial charge in [-0.3, -0.25) is 15.6 Å². The van der Waals surface area contributed by atoms with E-state index in [-0.39, 0.29) is 5.91 Å². The van der Waals surface area contributed by atoms with Crippen molar-refractivity contribution in [1.29, 1.82) is 0 Å². The third kappa shape index (κ3) is 5.54. The summed E-state index contributed by atoms with van der Waals surface area (Å²) in [5.74, 6) is 0.322. The molecule has 104 valence electrons. The molecule has 0 saturated heterocycles. The monoisotopic (exact) mass is 283 g/mol. The van der Waals surface area contributed by atoms with Gasteiger partial charge in [0.1, 0.15) is 5.75 Å². The van der Waals surface area contributed by atoms with E-state index in [0.29, 0.717) is 29.6 Å². The lowest BCUT2D eigenvalue weighted by Crippen LogP contribution is -2.47. The molecule has 1 amide bonds. The molecule has 0 bridgehead atoms. The Labute approximate surface area is 117 Å². The fourth-order valence-corrected chi connectivity index (χ4v) is 1.41. The molecule has 0 heterocycles. The lowest BCUT2D eigenvalue weighted by atomic mass is 10.2. The molecular formula is C12H17N3O3S. The predicted octanol–water partition coefficient (Wildman–Crippen LogP) is 0.451. The molecule has 1 rings (SSSR count). The molecule has 1 aromatic rings. The zero-order valence-electron chi connectivity index (χ0n) is 10.9. The van der Waals surface area contributed by atoms with Crippen LogP contribution in [0.5, 0.6) is 5.75 Å². The molecule has 0 fully saturated rings. The second kappa shape index (κ2) is 8.28. The van der Waals surface area contributed by atoms with E-state index in [1.54, 1.807) is 38.5 Å². The predicted molar refractivity (Wildman–Crippen MR) is 76.1 cm³/mol. The second-order valence-electron chi connectivity index (χ2n) is 3.56. The van der Waals surface area contributed by atoms with Gasteiger partial charge in [-0.1, -0.05) is 6.07 Å². The maximum atomic E-state index is 11.8. The lowest BCUT2D eigenvalue weighted by Gasteiger charge is -2.11. The Morgan fingerprint density at radius 3 is 2.79 bits per heavy atom. The maximum Gasteiger partial charge on any atom is 0.269 e. The van der Waals surface area contributed by atoms with E-state index < -0.39 is 0 Å². The summed E-state index contributed by atoms with van der Waals surface area (Å²) in [6.07, 6.45) is 0. The number of hydrogen-bond acceptors (Lipinski definition) is 4. The van der Waals surface area contributed by atoms with Crippen LogP contribution in [-0.4, -0.2) is 38.4 Å². The first kappa shape index (κ1) is 15.2. The van der Waals surface area contributed by atoms with Gasteiger partial charge in [0.05, 0.1) is 13.7 Å². The van der Waals surface area contributed by atoms with E-state index in [4.69, 9.17) is 21.7 Å². The van der Waals surface area contributed by atoms with Crippen molar-refractivity contribution >= 4 is 23.2 Å². The smallest absolute Gasteiger partial charge is 0.269 e. The minimum Gasteiger partial charge on any atom is -0.497 e. The number of ether oxygens (including phenoxy) is 2. The van der Waals surface area contributed by atoms with Gasteiger partial charge in [-0.2, -0.15) is 0 Å². The summed E-state index contributed by atoms with van der Waals surface area (Å²) in [5, 5.41) is 3.20. The van der Waals surface area contributed by atoms with Gasteiger partial charge in [0.15, 0.2) is 5.11 Å². The molecule has 0 aliphatic carbocycles. The first-order chi connectivity index (χ1) is 9.17. The number of carbonyl (C=O) groups excluding carboxylic acids is 1. The highest BCUT2D eigenvalue weighted by molar-refractivity contribution is 7.80. The summed E-state index contributed by atoms with van der Waals surface area (Å²) in [5.41, 5.74) is 5.57. The van der Waals surface area contributed by atoms with Gasteiger partial charge in [0.25, 0.3) is 5.91 Å². The summed E-state index contributed by atoms with van der Waals surface area (Å²) in [6.45, 7) is 1.10. The van der Waals surface area contributed by atoms with Crippen LogP contribution < -0.4 is 20.9 Å². The van der Waals surface area contributed by atoms with Crippen molar-refractivity contribution in [1.82, 2.24) is 16.2 Å². The number of rotatable bonds is 5. The molecule has 3 N–H and O–H groups in total. The Bertz CT molecular complexity index is 440. The fourth-order valence-electron chi connectivity index (χ4n) is 1.26. The molecule has 0 unspecified atom stereocenters. The van der Waals surface area contributed by atoms with Crippen LogP contribution in [0.4, 0.5) is 0 Å². The Morgan fingerprint density at radius 1 is 1.32 bits per heavy atom. The number of nitrogens with one attached hydrogen (secondary N) is 3. The van der Waals surface area contributed by atoms with Crippen LogP contribution in [0.1, 0.15) is 10.4 Å². The van der Waals surface area contributed by atoms with Crippen molar-refractivity contribution in [2.45, 2.75) is 0 Å². The number of hydrazine groups is 1. The third-order valence-electron chi connectivity index (χ3n) is 2.21. The van der Waals surface area contributed by atoms with Crippen molar-refractivity contribution in [3.63, 3.8) is 0 Å². The molecule has 7 heteroatoms. The second-order valence-corrected chi connectivity index (χ2v) is 3.97. The molecule has 0 aromatic heterocycles. The van der Waals surface area contributed by atoms with Gasteiger partial charge >= 0.3 is 0 Å².